The Hall–Kier alpha value is -1.85. The molecule has 0 aliphatic carbocycles. The smallest absolute Gasteiger partial charge is 0.175 e. The Bertz CT molecular complexity index is 666. The van der Waals surface area contributed by atoms with E-state index < -0.39 is 15.9 Å². The van der Waals surface area contributed by atoms with Crippen LogP contribution in [0.3, 0.4) is 0 Å². The predicted molar refractivity (Wildman–Crippen MR) is 84.1 cm³/mol. The summed E-state index contributed by atoms with van der Waals surface area (Å²) in [6, 6.07) is 16.1. The third kappa shape index (κ3) is 4.58. The van der Waals surface area contributed by atoms with E-state index in [1.54, 1.807) is 24.3 Å². The number of aliphatic hydroxyl groups is 1. The van der Waals surface area contributed by atoms with Crippen LogP contribution in [-0.2, 0) is 9.84 Å². The summed E-state index contributed by atoms with van der Waals surface area (Å²) in [7, 11) is -3.16. The van der Waals surface area contributed by atoms with Crippen LogP contribution >= 0.6 is 0 Å². The summed E-state index contributed by atoms with van der Waals surface area (Å²) in [5.74, 6) is 0. The van der Waals surface area contributed by atoms with Gasteiger partial charge < -0.3 is 10.4 Å². The largest absolute Gasteiger partial charge is 0.388 e. The van der Waals surface area contributed by atoms with Gasteiger partial charge in [-0.2, -0.15) is 0 Å². The van der Waals surface area contributed by atoms with Crippen molar-refractivity contribution >= 4 is 15.5 Å². The van der Waals surface area contributed by atoms with Crippen molar-refractivity contribution in [2.24, 2.45) is 0 Å². The van der Waals surface area contributed by atoms with Gasteiger partial charge in [-0.15, -0.1) is 0 Å². The molecule has 0 saturated heterocycles. The molecule has 4 nitrogen and oxygen atoms in total. The van der Waals surface area contributed by atoms with E-state index in [0.29, 0.717) is 17.9 Å². The Balaban J connectivity index is 1.86. The van der Waals surface area contributed by atoms with E-state index in [1.807, 2.05) is 30.3 Å². The van der Waals surface area contributed by atoms with Crippen LogP contribution in [0, 0.1) is 0 Å². The van der Waals surface area contributed by atoms with Crippen molar-refractivity contribution < 1.29 is 13.5 Å². The summed E-state index contributed by atoms with van der Waals surface area (Å²) < 4.78 is 22.7. The third-order valence-electron chi connectivity index (χ3n) is 3.21. The van der Waals surface area contributed by atoms with Crippen LogP contribution in [0.5, 0.6) is 0 Å². The molecule has 0 fully saturated rings. The molecule has 0 heterocycles. The number of benzene rings is 2. The third-order valence-corrected chi connectivity index (χ3v) is 4.34. The van der Waals surface area contributed by atoms with Gasteiger partial charge in [-0.1, -0.05) is 30.3 Å². The lowest BCUT2D eigenvalue weighted by molar-refractivity contribution is 0.171. The lowest BCUT2D eigenvalue weighted by Crippen LogP contribution is -2.07. The Kier molecular flexibility index (Phi) is 4.98. The standard InChI is InChI=1S/C16H19NO3S/c1-21(19,20)15-9-7-14(8-10-15)17-12-11-16(18)13-5-3-2-4-6-13/h2-10,16-18H,11-12H2,1H3/t16-/m0/s1. The SMILES string of the molecule is CS(=O)(=O)c1ccc(NCC[C@H](O)c2ccccc2)cc1. The van der Waals surface area contributed by atoms with Crippen molar-refractivity contribution in [2.45, 2.75) is 17.4 Å². The molecule has 2 aromatic rings. The van der Waals surface area contributed by atoms with Crippen molar-refractivity contribution in [1.82, 2.24) is 0 Å². The number of rotatable bonds is 6. The van der Waals surface area contributed by atoms with Crippen LogP contribution in [0.15, 0.2) is 59.5 Å². The van der Waals surface area contributed by atoms with Crippen LogP contribution in [0.4, 0.5) is 5.69 Å². The average molecular weight is 305 g/mol. The van der Waals surface area contributed by atoms with E-state index in [0.717, 1.165) is 11.3 Å². The van der Waals surface area contributed by atoms with Gasteiger partial charge in [-0.25, -0.2) is 8.42 Å². The van der Waals surface area contributed by atoms with Gasteiger partial charge in [0, 0.05) is 18.5 Å². The Morgan fingerprint density at radius 1 is 1.05 bits per heavy atom. The molecule has 0 amide bonds. The molecule has 2 aromatic carbocycles. The molecule has 0 aromatic heterocycles. The highest BCUT2D eigenvalue weighted by molar-refractivity contribution is 7.90. The van der Waals surface area contributed by atoms with Gasteiger partial charge in [0.2, 0.25) is 0 Å². The summed E-state index contributed by atoms with van der Waals surface area (Å²) in [5.41, 5.74) is 1.73. The second-order valence-electron chi connectivity index (χ2n) is 4.94. The van der Waals surface area contributed by atoms with Crippen molar-refractivity contribution in [3.63, 3.8) is 0 Å². The van der Waals surface area contributed by atoms with Gasteiger partial charge in [0.05, 0.1) is 11.0 Å². The predicted octanol–water partition coefficient (Wildman–Crippen LogP) is 2.63. The van der Waals surface area contributed by atoms with Crippen LogP contribution < -0.4 is 5.32 Å². The first-order valence-electron chi connectivity index (χ1n) is 6.74. The number of aliphatic hydroxyl groups excluding tert-OH is 1. The first kappa shape index (κ1) is 15.5. The summed E-state index contributed by atoms with van der Waals surface area (Å²) in [5, 5.41) is 13.2. The van der Waals surface area contributed by atoms with E-state index in [2.05, 4.69) is 5.32 Å². The summed E-state index contributed by atoms with van der Waals surface area (Å²) >= 11 is 0. The molecule has 0 aliphatic rings. The number of hydrogen-bond donors (Lipinski definition) is 2. The van der Waals surface area contributed by atoms with Gasteiger partial charge in [0.1, 0.15) is 0 Å². The molecular formula is C16H19NO3S. The second kappa shape index (κ2) is 6.74. The first-order valence-corrected chi connectivity index (χ1v) is 8.63. The summed E-state index contributed by atoms with van der Waals surface area (Å²) in [6.45, 7) is 0.605. The second-order valence-corrected chi connectivity index (χ2v) is 6.95. The lowest BCUT2D eigenvalue weighted by atomic mass is 10.1. The monoisotopic (exact) mass is 305 g/mol. The van der Waals surface area contributed by atoms with Gasteiger partial charge in [-0.05, 0) is 36.2 Å². The molecule has 2 N–H and O–H groups in total. The van der Waals surface area contributed by atoms with Crippen LogP contribution in [0.2, 0.25) is 0 Å². The van der Waals surface area contributed by atoms with Crippen molar-refractivity contribution in [1.29, 1.82) is 0 Å². The molecule has 112 valence electrons. The maximum Gasteiger partial charge on any atom is 0.175 e. The molecule has 5 heteroatoms. The van der Waals surface area contributed by atoms with Crippen molar-refractivity contribution in [3.05, 3.63) is 60.2 Å². The van der Waals surface area contributed by atoms with Gasteiger partial charge in [0.15, 0.2) is 9.84 Å². The highest BCUT2D eigenvalue weighted by atomic mass is 32.2. The number of anilines is 1. The molecule has 0 aliphatic heterocycles. The summed E-state index contributed by atoms with van der Waals surface area (Å²) in [4.78, 5) is 0.303. The molecule has 0 radical (unpaired) electrons. The minimum atomic E-state index is -3.16. The molecule has 1 atom stereocenters. The first-order chi connectivity index (χ1) is 9.97. The highest BCUT2D eigenvalue weighted by Gasteiger charge is 2.07. The fourth-order valence-electron chi connectivity index (χ4n) is 2.02. The van der Waals surface area contributed by atoms with E-state index in [1.165, 1.54) is 6.26 Å². The van der Waals surface area contributed by atoms with E-state index in [4.69, 9.17) is 0 Å². The molecule has 0 bridgehead atoms. The Morgan fingerprint density at radius 3 is 2.24 bits per heavy atom. The van der Waals surface area contributed by atoms with Crippen LogP contribution in [0.1, 0.15) is 18.1 Å². The van der Waals surface area contributed by atoms with Crippen LogP contribution in [0.25, 0.3) is 0 Å². The molecular weight excluding hydrogens is 286 g/mol. The highest BCUT2D eigenvalue weighted by Crippen LogP contribution is 2.17. The van der Waals surface area contributed by atoms with E-state index in [-0.39, 0.29) is 0 Å². The zero-order valence-corrected chi connectivity index (χ0v) is 12.7. The normalized spacial score (nSPS) is 12.9. The minimum Gasteiger partial charge on any atom is -0.388 e. The van der Waals surface area contributed by atoms with Crippen molar-refractivity contribution in [3.8, 4) is 0 Å². The molecule has 0 unspecified atom stereocenters. The summed E-state index contributed by atoms with van der Waals surface area (Å²) in [6.07, 6.45) is 1.26. The van der Waals surface area contributed by atoms with Crippen molar-refractivity contribution in [2.75, 3.05) is 18.1 Å². The van der Waals surface area contributed by atoms with Gasteiger partial charge >= 0.3 is 0 Å². The lowest BCUT2D eigenvalue weighted by Gasteiger charge is -2.12. The number of hydrogen-bond acceptors (Lipinski definition) is 4. The van der Waals surface area contributed by atoms with E-state index >= 15 is 0 Å². The fourth-order valence-corrected chi connectivity index (χ4v) is 2.65. The minimum absolute atomic E-state index is 0.303. The molecule has 2 rings (SSSR count). The zero-order valence-electron chi connectivity index (χ0n) is 11.9. The number of nitrogens with one attached hydrogen (secondary N) is 1. The Morgan fingerprint density at radius 2 is 1.67 bits per heavy atom. The maximum absolute atomic E-state index is 11.4. The molecule has 0 saturated carbocycles. The van der Waals surface area contributed by atoms with Crippen LogP contribution in [-0.4, -0.2) is 26.3 Å². The topological polar surface area (TPSA) is 66.4 Å². The fraction of sp³-hybridized carbons (Fsp3) is 0.250. The van der Waals surface area contributed by atoms with Gasteiger partial charge in [0.25, 0.3) is 0 Å². The maximum atomic E-state index is 11.4. The average Bonchev–Trinajstić information content (AvgIpc) is 2.47. The Labute approximate surface area is 125 Å². The zero-order chi connectivity index (χ0) is 15.3. The van der Waals surface area contributed by atoms with E-state index in [9.17, 15) is 13.5 Å². The molecule has 0 spiro atoms. The number of sulfone groups is 1. The van der Waals surface area contributed by atoms with Gasteiger partial charge in [-0.3, -0.25) is 0 Å². The molecule has 21 heavy (non-hydrogen) atoms. The quantitative estimate of drug-likeness (QED) is 0.861.